The Morgan fingerprint density at radius 2 is 2.00 bits per heavy atom. The van der Waals surface area contributed by atoms with Crippen LogP contribution in [0.3, 0.4) is 0 Å². The summed E-state index contributed by atoms with van der Waals surface area (Å²) >= 11 is 1.04. The highest BCUT2D eigenvalue weighted by molar-refractivity contribution is 7.03. The number of nitrogens with one attached hydrogen (secondary N) is 1. The standard InChI is InChI=1S/C9H7F3N4S/c10-5-2-1-4(7(11)8(5)12)9(14-13)6-3-17-16-15-6/h1-3,9,14H,13H2. The number of hydrazine groups is 1. The van der Waals surface area contributed by atoms with Crippen molar-refractivity contribution in [1.82, 2.24) is 15.0 Å². The van der Waals surface area contributed by atoms with Crippen LogP contribution in [0.25, 0.3) is 0 Å². The van der Waals surface area contributed by atoms with Crippen LogP contribution in [0, 0.1) is 17.5 Å². The first kappa shape index (κ1) is 12.0. The minimum absolute atomic E-state index is 0.126. The SMILES string of the molecule is NNC(c1csnn1)c1ccc(F)c(F)c1F. The van der Waals surface area contributed by atoms with Gasteiger partial charge in [0.1, 0.15) is 0 Å². The number of rotatable bonds is 3. The second kappa shape index (κ2) is 4.78. The molecule has 0 spiro atoms. The van der Waals surface area contributed by atoms with Gasteiger partial charge in [0.15, 0.2) is 17.5 Å². The Hall–Kier alpha value is -1.51. The quantitative estimate of drug-likeness (QED) is 0.499. The van der Waals surface area contributed by atoms with Crippen LogP contribution in [0.4, 0.5) is 13.2 Å². The molecule has 0 saturated heterocycles. The van der Waals surface area contributed by atoms with Gasteiger partial charge >= 0.3 is 0 Å². The van der Waals surface area contributed by atoms with Crippen molar-refractivity contribution >= 4 is 11.5 Å². The van der Waals surface area contributed by atoms with Gasteiger partial charge in [-0.15, -0.1) is 5.10 Å². The van der Waals surface area contributed by atoms with E-state index in [1.807, 2.05) is 0 Å². The summed E-state index contributed by atoms with van der Waals surface area (Å²) in [4.78, 5) is 0. The maximum atomic E-state index is 13.5. The van der Waals surface area contributed by atoms with Gasteiger partial charge in [0.25, 0.3) is 0 Å². The molecule has 1 unspecified atom stereocenters. The van der Waals surface area contributed by atoms with Gasteiger partial charge in [-0.2, -0.15) is 0 Å². The number of benzene rings is 1. The monoisotopic (exact) mass is 260 g/mol. The van der Waals surface area contributed by atoms with E-state index >= 15 is 0 Å². The number of halogens is 3. The highest BCUT2D eigenvalue weighted by atomic mass is 32.1. The van der Waals surface area contributed by atoms with E-state index in [2.05, 4.69) is 15.0 Å². The zero-order valence-electron chi connectivity index (χ0n) is 8.32. The molecule has 0 fully saturated rings. The van der Waals surface area contributed by atoms with Crippen molar-refractivity contribution < 1.29 is 13.2 Å². The van der Waals surface area contributed by atoms with Crippen molar-refractivity contribution in [2.75, 3.05) is 0 Å². The number of hydrogen-bond acceptors (Lipinski definition) is 5. The number of nitrogens with zero attached hydrogens (tertiary/aromatic N) is 2. The maximum absolute atomic E-state index is 13.5. The van der Waals surface area contributed by atoms with Gasteiger partial charge in [-0.05, 0) is 17.6 Å². The highest BCUT2D eigenvalue weighted by Crippen LogP contribution is 2.25. The molecule has 0 aliphatic heterocycles. The summed E-state index contributed by atoms with van der Waals surface area (Å²) in [6.45, 7) is 0. The molecule has 1 heterocycles. The summed E-state index contributed by atoms with van der Waals surface area (Å²) in [5.41, 5.74) is 2.49. The lowest BCUT2D eigenvalue weighted by Gasteiger charge is -2.14. The number of nitrogens with two attached hydrogens (primary N) is 1. The Balaban J connectivity index is 2.49. The molecule has 0 amide bonds. The second-order valence-electron chi connectivity index (χ2n) is 3.19. The van der Waals surface area contributed by atoms with Crippen LogP contribution in [-0.2, 0) is 0 Å². The Bertz CT molecular complexity index is 517. The topological polar surface area (TPSA) is 63.8 Å². The van der Waals surface area contributed by atoms with Crippen LogP contribution < -0.4 is 11.3 Å². The fourth-order valence-corrected chi connectivity index (χ4v) is 1.88. The average Bonchev–Trinajstić information content (AvgIpc) is 2.84. The minimum Gasteiger partial charge on any atom is -0.271 e. The van der Waals surface area contributed by atoms with E-state index in [-0.39, 0.29) is 5.56 Å². The normalized spacial score (nSPS) is 12.7. The van der Waals surface area contributed by atoms with E-state index in [0.717, 1.165) is 23.7 Å². The molecule has 90 valence electrons. The van der Waals surface area contributed by atoms with Crippen LogP contribution in [0.2, 0.25) is 0 Å². The van der Waals surface area contributed by atoms with Gasteiger partial charge in [-0.1, -0.05) is 10.6 Å². The van der Waals surface area contributed by atoms with Gasteiger partial charge in [0.2, 0.25) is 0 Å². The second-order valence-corrected chi connectivity index (χ2v) is 3.80. The minimum atomic E-state index is -1.54. The van der Waals surface area contributed by atoms with Crippen LogP contribution in [0.15, 0.2) is 17.5 Å². The number of aromatic nitrogens is 2. The summed E-state index contributed by atoms with van der Waals surface area (Å²) in [6.07, 6.45) is 0. The van der Waals surface area contributed by atoms with Crippen LogP contribution in [0.5, 0.6) is 0 Å². The third-order valence-corrected chi connectivity index (χ3v) is 2.74. The molecule has 8 heteroatoms. The molecule has 3 N–H and O–H groups in total. The van der Waals surface area contributed by atoms with Gasteiger partial charge in [-0.3, -0.25) is 5.84 Å². The first-order chi connectivity index (χ1) is 8.15. The van der Waals surface area contributed by atoms with Gasteiger partial charge in [0, 0.05) is 10.9 Å². The van der Waals surface area contributed by atoms with E-state index in [9.17, 15) is 13.2 Å². The summed E-state index contributed by atoms with van der Waals surface area (Å²) in [5, 5.41) is 5.23. The largest absolute Gasteiger partial charge is 0.271 e. The fourth-order valence-electron chi connectivity index (χ4n) is 1.40. The zero-order chi connectivity index (χ0) is 12.4. The molecule has 0 saturated carbocycles. The average molecular weight is 260 g/mol. The van der Waals surface area contributed by atoms with Crippen molar-refractivity contribution in [3.05, 3.63) is 46.2 Å². The first-order valence-electron chi connectivity index (χ1n) is 4.51. The zero-order valence-corrected chi connectivity index (χ0v) is 9.14. The van der Waals surface area contributed by atoms with Crippen molar-refractivity contribution in [3.63, 3.8) is 0 Å². The lowest BCUT2D eigenvalue weighted by atomic mass is 10.0. The molecule has 1 aromatic heterocycles. The van der Waals surface area contributed by atoms with Crippen LogP contribution in [0.1, 0.15) is 17.3 Å². The highest BCUT2D eigenvalue weighted by Gasteiger charge is 2.23. The molecule has 1 aromatic carbocycles. The third-order valence-electron chi connectivity index (χ3n) is 2.22. The molecule has 2 aromatic rings. The van der Waals surface area contributed by atoms with Crippen LogP contribution in [-0.4, -0.2) is 9.59 Å². The molecule has 0 aliphatic rings. The van der Waals surface area contributed by atoms with Crippen molar-refractivity contribution in [1.29, 1.82) is 0 Å². The molecular weight excluding hydrogens is 253 g/mol. The van der Waals surface area contributed by atoms with E-state index in [0.29, 0.717) is 5.69 Å². The predicted octanol–water partition coefficient (Wildman–Crippen LogP) is 1.51. The molecule has 17 heavy (non-hydrogen) atoms. The fraction of sp³-hybridized carbons (Fsp3) is 0.111. The first-order valence-corrected chi connectivity index (χ1v) is 5.35. The van der Waals surface area contributed by atoms with E-state index in [1.54, 1.807) is 0 Å². The van der Waals surface area contributed by atoms with Gasteiger partial charge in [0.05, 0.1) is 11.7 Å². The van der Waals surface area contributed by atoms with E-state index in [1.165, 1.54) is 5.38 Å². The molecule has 0 aliphatic carbocycles. The molecule has 4 nitrogen and oxygen atoms in total. The summed E-state index contributed by atoms with van der Waals surface area (Å²) in [6, 6.07) is 1.07. The third kappa shape index (κ3) is 2.14. The lowest BCUT2D eigenvalue weighted by molar-refractivity contribution is 0.432. The molecule has 0 bridgehead atoms. The van der Waals surface area contributed by atoms with Crippen molar-refractivity contribution in [2.24, 2.45) is 5.84 Å². The summed E-state index contributed by atoms with van der Waals surface area (Å²) in [7, 11) is 0. The molecule has 1 atom stereocenters. The van der Waals surface area contributed by atoms with Crippen molar-refractivity contribution in [3.8, 4) is 0 Å². The van der Waals surface area contributed by atoms with Crippen molar-refractivity contribution in [2.45, 2.75) is 6.04 Å². The molecule has 0 radical (unpaired) electrons. The van der Waals surface area contributed by atoms with Crippen LogP contribution >= 0.6 is 11.5 Å². The van der Waals surface area contributed by atoms with Gasteiger partial charge in [-0.25, -0.2) is 18.6 Å². The smallest absolute Gasteiger partial charge is 0.194 e. The molecule has 2 rings (SSSR count). The maximum Gasteiger partial charge on any atom is 0.194 e. The van der Waals surface area contributed by atoms with E-state index < -0.39 is 23.5 Å². The Labute approximate surface area is 98.4 Å². The lowest BCUT2D eigenvalue weighted by Crippen LogP contribution is -2.30. The van der Waals surface area contributed by atoms with Gasteiger partial charge < -0.3 is 0 Å². The number of hydrogen-bond donors (Lipinski definition) is 2. The summed E-state index contributed by atoms with van der Waals surface area (Å²) in [5.74, 6) is 1.18. The Morgan fingerprint density at radius 3 is 2.59 bits per heavy atom. The summed E-state index contributed by atoms with van der Waals surface area (Å²) < 4.78 is 43.0. The Morgan fingerprint density at radius 1 is 1.24 bits per heavy atom. The molecular formula is C9H7F3N4S. The van der Waals surface area contributed by atoms with E-state index in [4.69, 9.17) is 5.84 Å². The predicted molar refractivity (Wildman–Crippen MR) is 55.4 cm³/mol. The Kier molecular flexibility index (Phi) is 3.36.